The van der Waals surface area contributed by atoms with Crippen LogP contribution in [-0.2, 0) is 26.2 Å². The molecule has 0 radical (unpaired) electrons. The molecule has 7 nitrogen and oxygen atoms in total. The van der Waals surface area contributed by atoms with Gasteiger partial charge in [0.15, 0.2) is 0 Å². The summed E-state index contributed by atoms with van der Waals surface area (Å²) in [5.74, 6) is -1.46. The van der Waals surface area contributed by atoms with Crippen LogP contribution in [0.3, 0.4) is 0 Å². The van der Waals surface area contributed by atoms with E-state index < -0.39 is 40.2 Å². The number of hydrogen-bond donors (Lipinski definition) is 1. The molecule has 3 aromatic carbocycles. The third kappa shape index (κ3) is 6.41. The Bertz CT molecular complexity index is 1300. The maximum absolute atomic E-state index is 13.7. The fourth-order valence-electron chi connectivity index (χ4n) is 3.58. The van der Waals surface area contributed by atoms with Gasteiger partial charge in [0.05, 0.1) is 15.6 Å². The van der Waals surface area contributed by atoms with Crippen molar-refractivity contribution in [1.82, 2.24) is 10.2 Å². The molecule has 0 saturated carbocycles. The average Bonchev–Trinajstić information content (AvgIpc) is 2.87. The molecule has 10 heteroatoms. The second-order valence-electron chi connectivity index (χ2n) is 7.99. The number of benzene rings is 3. The molecule has 0 aliphatic rings. The summed E-state index contributed by atoms with van der Waals surface area (Å²) < 4.78 is 41.6. The van der Waals surface area contributed by atoms with E-state index >= 15 is 0 Å². The van der Waals surface area contributed by atoms with Gasteiger partial charge in [-0.2, -0.15) is 0 Å². The lowest BCUT2D eigenvalue weighted by Gasteiger charge is -2.32. The maximum Gasteiger partial charge on any atom is 0.264 e. The Labute approximate surface area is 215 Å². The Balaban J connectivity index is 2.02. The third-order valence-electron chi connectivity index (χ3n) is 5.52. The van der Waals surface area contributed by atoms with Crippen molar-refractivity contribution in [3.63, 3.8) is 0 Å². The minimum absolute atomic E-state index is 0.0143. The van der Waals surface area contributed by atoms with Crippen molar-refractivity contribution in [2.75, 3.05) is 17.4 Å². The first-order valence-electron chi connectivity index (χ1n) is 11.3. The van der Waals surface area contributed by atoms with E-state index in [-0.39, 0.29) is 22.2 Å². The molecule has 3 rings (SSSR count). The highest BCUT2D eigenvalue weighted by atomic mass is 35.5. The smallest absolute Gasteiger partial charge is 0.264 e. The number of carbonyl (C=O) groups excluding carboxylic acids is 2. The van der Waals surface area contributed by atoms with Crippen molar-refractivity contribution >= 4 is 39.1 Å². The first-order valence-corrected chi connectivity index (χ1v) is 13.1. The molecule has 0 aliphatic heterocycles. The minimum Gasteiger partial charge on any atom is -0.355 e. The Morgan fingerprint density at radius 1 is 0.972 bits per heavy atom. The van der Waals surface area contributed by atoms with Crippen molar-refractivity contribution in [1.29, 1.82) is 0 Å². The summed E-state index contributed by atoms with van der Waals surface area (Å²) in [7, 11) is -4.19. The quantitative estimate of drug-likeness (QED) is 0.424. The monoisotopic (exact) mass is 531 g/mol. The zero-order valence-electron chi connectivity index (χ0n) is 19.9. The first-order chi connectivity index (χ1) is 17.1. The van der Waals surface area contributed by atoms with Gasteiger partial charge in [-0.05, 0) is 55.8 Å². The molecule has 0 aromatic heterocycles. The second-order valence-corrected chi connectivity index (χ2v) is 10.3. The fraction of sp³-hybridized carbons (Fsp3) is 0.231. The summed E-state index contributed by atoms with van der Waals surface area (Å²) in [5, 5.41) is 2.83. The summed E-state index contributed by atoms with van der Waals surface area (Å²) in [6.45, 7) is 3.03. The lowest BCUT2D eigenvalue weighted by Crippen LogP contribution is -2.51. The van der Waals surface area contributed by atoms with E-state index in [9.17, 15) is 22.4 Å². The van der Waals surface area contributed by atoms with Crippen LogP contribution in [0.4, 0.5) is 10.1 Å². The number of hydrogen-bond acceptors (Lipinski definition) is 4. The topological polar surface area (TPSA) is 86.8 Å². The molecule has 0 aliphatic carbocycles. The molecular formula is C26H27ClFN3O4S. The van der Waals surface area contributed by atoms with E-state index in [1.165, 1.54) is 53.4 Å². The molecule has 0 saturated heterocycles. The van der Waals surface area contributed by atoms with Gasteiger partial charge in [-0.15, -0.1) is 0 Å². The molecule has 3 aromatic rings. The second kappa shape index (κ2) is 12.0. The van der Waals surface area contributed by atoms with Crippen molar-refractivity contribution in [2.45, 2.75) is 31.3 Å². The number of rotatable bonds is 10. The van der Waals surface area contributed by atoms with Gasteiger partial charge in [-0.3, -0.25) is 13.9 Å². The molecule has 0 bridgehead atoms. The van der Waals surface area contributed by atoms with Crippen molar-refractivity contribution in [3.05, 3.63) is 95.3 Å². The van der Waals surface area contributed by atoms with Gasteiger partial charge in [0.2, 0.25) is 11.8 Å². The average molecular weight is 532 g/mol. The van der Waals surface area contributed by atoms with E-state index in [1.54, 1.807) is 44.2 Å². The molecule has 36 heavy (non-hydrogen) atoms. The molecular weight excluding hydrogens is 505 g/mol. The van der Waals surface area contributed by atoms with Gasteiger partial charge in [0.1, 0.15) is 18.4 Å². The van der Waals surface area contributed by atoms with E-state index in [0.717, 1.165) is 4.31 Å². The van der Waals surface area contributed by atoms with E-state index in [1.807, 2.05) is 0 Å². The van der Waals surface area contributed by atoms with Gasteiger partial charge >= 0.3 is 0 Å². The highest BCUT2D eigenvalue weighted by Crippen LogP contribution is 2.30. The Morgan fingerprint density at radius 3 is 2.19 bits per heavy atom. The van der Waals surface area contributed by atoms with Crippen molar-refractivity contribution in [2.24, 2.45) is 0 Å². The van der Waals surface area contributed by atoms with Crippen LogP contribution < -0.4 is 9.62 Å². The zero-order valence-corrected chi connectivity index (χ0v) is 21.5. The van der Waals surface area contributed by atoms with Gasteiger partial charge in [-0.1, -0.05) is 54.1 Å². The standard InChI is InChI=1S/C26H27ClFN3O4S/c1-3-29-26(33)19(2)30(17-20-13-15-21(28)16-14-20)25(32)18-31(24-12-8-7-11-23(24)27)36(34,35)22-9-5-4-6-10-22/h4-16,19H,3,17-18H2,1-2H3,(H,29,33)/t19-/m1/s1. The highest BCUT2D eigenvalue weighted by Gasteiger charge is 2.33. The molecule has 190 valence electrons. The van der Waals surface area contributed by atoms with Crippen molar-refractivity contribution < 1.29 is 22.4 Å². The van der Waals surface area contributed by atoms with Gasteiger partial charge in [-0.25, -0.2) is 12.8 Å². The highest BCUT2D eigenvalue weighted by molar-refractivity contribution is 7.92. The van der Waals surface area contributed by atoms with Crippen LogP contribution in [0.2, 0.25) is 5.02 Å². The summed E-state index contributed by atoms with van der Waals surface area (Å²) >= 11 is 6.34. The van der Waals surface area contributed by atoms with Crippen molar-refractivity contribution in [3.8, 4) is 0 Å². The Kier molecular flexibility index (Phi) is 9.06. The first kappa shape index (κ1) is 27.2. The Hall–Kier alpha value is -3.43. The minimum atomic E-state index is -4.19. The summed E-state index contributed by atoms with van der Waals surface area (Å²) in [4.78, 5) is 27.6. The van der Waals surface area contributed by atoms with Gasteiger partial charge in [0.25, 0.3) is 10.0 Å². The third-order valence-corrected chi connectivity index (χ3v) is 7.61. The number of likely N-dealkylation sites (N-methyl/N-ethyl adjacent to an activating group) is 1. The summed E-state index contributed by atoms with van der Waals surface area (Å²) in [6.07, 6.45) is 0. The van der Waals surface area contributed by atoms with Crippen LogP contribution in [0.15, 0.2) is 83.8 Å². The maximum atomic E-state index is 13.7. The van der Waals surface area contributed by atoms with Crippen LogP contribution >= 0.6 is 11.6 Å². The number of amides is 2. The lowest BCUT2D eigenvalue weighted by atomic mass is 10.1. The summed E-state index contributed by atoms with van der Waals surface area (Å²) in [5.41, 5.74) is 0.708. The van der Waals surface area contributed by atoms with Crippen LogP contribution in [0.5, 0.6) is 0 Å². The lowest BCUT2D eigenvalue weighted by molar-refractivity contribution is -0.139. The largest absolute Gasteiger partial charge is 0.355 e. The Morgan fingerprint density at radius 2 is 1.58 bits per heavy atom. The fourth-order valence-corrected chi connectivity index (χ4v) is 5.32. The molecule has 0 spiro atoms. The number of halogens is 2. The van der Waals surface area contributed by atoms with Gasteiger partial charge in [0, 0.05) is 13.1 Å². The summed E-state index contributed by atoms with van der Waals surface area (Å²) in [6, 6.07) is 18.6. The van der Waals surface area contributed by atoms with E-state index in [4.69, 9.17) is 11.6 Å². The number of anilines is 1. The SMILES string of the molecule is CCNC(=O)[C@@H](C)N(Cc1ccc(F)cc1)C(=O)CN(c1ccccc1Cl)S(=O)(=O)c1ccccc1. The molecule has 1 N–H and O–H groups in total. The number of nitrogens with zero attached hydrogens (tertiary/aromatic N) is 2. The molecule has 0 fully saturated rings. The molecule has 2 amide bonds. The van der Waals surface area contributed by atoms with Gasteiger partial charge < -0.3 is 10.2 Å². The van der Waals surface area contributed by atoms with Crippen LogP contribution in [0.1, 0.15) is 19.4 Å². The number of sulfonamides is 1. The van der Waals surface area contributed by atoms with Crippen LogP contribution in [0, 0.1) is 5.82 Å². The van der Waals surface area contributed by atoms with Crippen LogP contribution in [-0.4, -0.2) is 44.3 Å². The van der Waals surface area contributed by atoms with E-state index in [2.05, 4.69) is 5.32 Å². The molecule has 1 atom stereocenters. The molecule has 0 heterocycles. The number of carbonyl (C=O) groups is 2. The van der Waals surface area contributed by atoms with Crippen LogP contribution in [0.25, 0.3) is 0 Å². The predicted octanol–water partition coefficient (Wildman–Crippen LogP) is 4.23. The predicted molar refractivity (Wildman–Crippen MR) is 138 cm³/mol. The number of nitrogens with one attached hydrogen (secondary N) is 1. The molecule has 0 unspecified atom stereocenters. The normalized spacial score (nSPS) is 12.0. The number of para-hydroxylation sites is 1. The zero-order chi connectivity index (χ0) is 26.3. The van der Waals surface area contributed by atoms with E-state index in [0.29, 0.717) is 12.1 Å².